The summed E-state index contributed by atoms with van der Waals surface area (Å²) in [6.45, 7) is 3.54. The van der Waals surface area contributed by atoms with Gasteiger partial charge in [-0.05, 0) is 29.8 Å². The zero-order valence-corrected chi connectivity index (χ0v) is 10.9. The average Bonchev–Trinajstić information content (AvgIpc) is 2.89. The lowest BCUT2D eigenvalue weighted by Gasteiger charge is -2.02. The number of nitrogens with one attached hydrogen (secondary N) is 1. The minimum absolute atomic E-state index is 0.00305. The van der Waals surface area contributed by atoms with E-state index >= 15 is 0 Å². The zero-order chi connectivity index (χ0) is 15.0. The van der Waals surface area contributed by atoms with Gasteiger partial charge in [-0.25, -0.2) is 9.18 Å². The second-order valence-corrected chi connectivity index (χ2v) is 4.63. The van der Waals surface area contributed by atoms with Crippen molar-refractivity contribution in [3.05, 3.63) is 60.4 Å². The monoisotopic (exact) mass is 282 g/mol. The van der Waals surface area contributed by atoms with Gasteiger partial charge in [-0.1, -0.05) is 24.8 Å². The Morgan fingerprint density at radius 2 is 2.05 bits per heavy atom. The van der Waals surface area contributed by atoms with E-state index in [1.54, 1.807) is 30.3 Å². The van der Waals surface area contributed by atoms with Gasteiger partial charge in [0.25, 0.3) is 0 Å². The number of fused-ring (bicyclic) bond motifs is 1. The summed E-state index contributed by atoms with van der Waals surface area (Å²) in [7, 11) is 0. The van der Waals surface area contributed by atoms with Crippen molar-refractivity contribution in [1.29, 1.82) is 0 Å². The van der Waals surface area contributed by atoms with Gasteiger partial charge in [0, 0.05) is 10.9 Å². The summed E-state index contributed by atoms with van der Waals surface area (Å²) in [5, 5.41) is 16.8. The molecule has 0 aliphatic carbocycles. The Balaban J connectivity index is 2.18. The van der Waals surface area contributed by atoms with Crippen molar-refractivity contribution in [3.8, 4) is 11.3 Å². The summed E-state index contributed by atoms with van der Waals surface area (Å²) >= 11 is 0. The molecule has 5 heteroatoms. The SMILES string of the molecule is C=C(C(=O)O)c1ccc2[nH]nc(-c3cccc(F)c3)c2c1. The molecule has 2 aromatic carbocycles. The van der Waals surface area contributed by atoms with E-state index in [2.05, 4.69) is 16.8 Å². The van der Waals surface area contributed by atoms with Crippen LogP contribution in [0.2, 0.25) is 0 Å². The summed E-state index contributed by atoms with van der Waals surface area (Å²) in [6.07, 6.45) is 0. The lowest BCUT2D eigenvalue weighted by Crippen LogP contribution is -1.97. The van der Waals surface area contributed by atoms with E-state index in [0.717, 1.165) is 10.9 Å². The van der Waals surface area contributed by atoms with Crippen molar-refractivity contribution in [3.63, 3.8) is 0 Å². The fraction of sp³-hybridized carbons (Fsp3) is 0. The number of aromatic amines is 1. The highest BCUT2D eigenvalue weighted by Gasteiger charge is 2.12. The molecule has 0 fully saturated rings. The Hall–Kier alpha value is -2.95. The van der Waals surface area contributed by atoms with Gasteiger partial charge in [0.15, 0.2) is 0 Å². The van der Waals surface area contributed by atoms with E-state index in [0.29, 0.717) is 16.8 Å². The molecule has 0 atom stereocenters. The minimum Gasteiger partial charge on any atom is -0.478 e. The molecular formula is C16H11FN2O2. The van der Waals surface area contributed by atoms with Gasteiger partial charge in [0.05, 0.1) is 11.1 Å². The smallest absolute Gasteiger partial charge is 0.335 e. The fourth-order valence-electron chi connectivity index (χ4n) is 2.18. The lowest BCUT2D eigenvalue weighted by molar-refractivity contribution is -0.130. The first kappa shape index (κ1) is 13.1. The number of nitrogens with zero attached hydrogens (tertiary/aromatic N) is 1. The molecule has 4 nitrogen and oxygen atoms in total. The van der Waals surface area contributed by atoms with Crippen LogP contribution in [0.3, 0.4) is 0 Å². The van der Waals surface area contributed by atoms with E-state index in [4.69, 9.17) is 5.11 Å². The van der Waals surface area contributed by atoms with Crippen LogP contribution in [0.15, 0.2) is 49.0 Å². The molecule has 0 aliphatic heterocycles. The first-order chi connectivity index (χ1) is 10.1. The average molecular weight is 282 g/mol. The van der Waals surface area contributed by atoms with Crippen molar-refractivity contribution in [2.24, 2.45) is 0 Å². The summed E-state index contributed by atoms with van der Waals surface area (Å²) in [6, 6.07) is 11.2. The van der Waals surface area contributed by atoms with E-state index in [-0.39, 0.29) is 11.4 Å². The van der Waals surface area contributed by atoms with Gasteiger partial charge in [-0.15, -0.1) is 0 Å². The largest absolute Gasteiger partial charge is 0.478 e. The molecule has 1 heterocycles. The maximum absolute atomic E-state index is 13.3. The molecule has 104 valence electrons. The minimum atomic E-state index is -1.08. The number of rotatable bonds is 3. The van der Waals surface area contributed by atoms with Crippen LogP contribution in [0.5, 0.6) is 0 Å². The van der Waals surface area contributed by atoms with Gasteiger partial charge >= 0.3 is 5.97 Å². The van der Waals surface area contributed by atoms with Gasteiger partial charge < -0.3 is 5.11 Å². The van der Waals surface area contributed by atoms with Crippen LogP contribution in [-0.4, -0.2) is 21.3 Å². The van der Waals surface area contributed by atoms with Crippen LogP contribution in [0.4, 0.5) is 4.39 Å². The number of carboxylic acid groups (broad SMARTS) is 1. The summed E-state index contributed by atoms with van der Waals surface area (Å²) in [4.78, 5) is 11.0. The predicted octanol–water partition coefficient (Wildman–Crippen LogP) is 3.47. The molecule has 1 aromatic heterocycles. The van der Waals surface area contributed by atoms with Crippen molar-refractivity contribution in [2.45, 2.75) is 0 Å². The molecule has 0 amide bonds. The summed E-state index contributed by atoms with van der Waals surface area (Å²) < 4.78 is 13.3. The maximum Gasteiger partial charge on any atom is 0.335 e. The van der Waals surface area contributed by atoms with Crippen LogP contribution in [0.1, 0.15) is 5.56 Å². The van der Waals surface area contributed by atoms with Crippen LogP contribution < -0.4 is 0 Å². The number of benzene rings is 2. The van der Waals surface area contributed by atoms with E-state index in [1.165, 1.54) is 12.1 Å². The van der Waals surface area contributed by atoms with E-state index in [1.807, 2.05) is 0 Å². The third-order valence-electron chi connectivity index (χ3n) is 3.27. The lowest BCUT2D eigenvalue weighted by atomic mass is 10.0. The predicted molar refractivity (Wildman–Crippen MR) is 78.2 cm³/mol. The van der Waals surface area contributed by atoms with Crippen molar-refractivity contribution >= 4 is 22.4 Å². The first-order valence-electron chi connectivity index (χ1n) is 6.23. The number of hydrogen-bond donors (Lipinski definition) is 2. The van der Waals surface area contributed by atoms with Gasteiger partial charge in [0.2, 0.25) is 0 Å². The number of H-pyrrole nitrogens is 1. The molecule has 0 unspecified atom stereocenters. The molecule has 0 radical (unpaired) electrons. The topological polar surface area (TPSA) is 66.0 Å². The van der Waals surface area contributed by atoms with Crippen molar-refractivity contribution in [1.82, 2.24) is 10.2 Å². The molecule has 0 saturated heterocycles. The normalized spacial score (nSPS) is 10.7. The van der Waals surface area contributed by atoms with Crippen molar-refractivity contribution < 1.29 is 14.3 Å². The molecule has 3 rings (SSSR count). The summed E-state index contributed by atoms with van der Waals surface area (Å²) in [5.74, 6) is -1.43. The van der Waals surface area contributed by atoms with Gasteiger partial charge in [-0.3, -0.25) is 5.10 Å². The zero-order valence-electron chi connectivity index (χ0n) is 10.9. The second kappa shape index (κ2) is 4.86. The molecule has 0 aliphatic rings. The fourth-order valence-corrected chi connectivity index (χ4v) is 2.18. The molecule has 2 N–H and O–H groups in total. The van der Waals surface area contributed by atoms with Crippen LogP contribution in [0, 0.1) is 5.82 Å². The second-order valence-electron chi connectivity index (χ2n) is 4.63. The summed E-state index contributed by atoms with van der Waals surface area (Å²) in [5.41, 5.74) is 2.44. The number of aliphatic carboxylic acids is 1. The Morgan fingerprint density at radius 3 is 2.76 bits per heavy atom. The Kier molecular flexibility index (Phi) is 3.02. The van der Waals surface area contributed by atoms with Crippen LogP contribution in [-0.2, 0) is 4.79 Å². The molecule has 0 saturated carbocycles. The standard InChI is InChI=1S/C16H11FN2O2/c1-9(16(20)21)10-5-6-14-13(8-10)15(19-18-14)11-3-2-4-12(17)7-11/h2-8H,1H2,(H,18,19)(H,20,21). The quantitative estimate of drug-likeness (QED) is 0.723. The van der Waals surface area contributed by atoms with Crippen molar-refractivity contribution in [2.75, 3.05) is 0 Å². The Labute approximate surface area is 119 Å². The molecule has 0 bridgehead atoms. The third kappa shape index (κ3) is 2.29. The highest BCUT2D eigenvalue weighted by atomic mass is 19.1. The molecule has 21 heavy (non-hydrogen) atoms. The number of carbonyl (C=O) groups is 1. The van der Waals surface area contributed by atoms with Crippen LogP contribution >= 0.6 is 0 Å². The molecule has 0 spiro atoms. The Bertz CT molecular complexity index is 868. The highest BCUT2D eigenvalue weighted by Crippen LogP contribution is 2.29. The van der Waals surface area contributed by atoms with Gasteiger partial charge in [-0.2, -0.15) is 5.10 Å². The number of halogens is 1. The van der Waals surface area contributed by atoms with E-state index in [9.17, 15) is 9.18 Å². The maximum atomic E-state index is 13.3. The number of carboxylic acids is 1. The third-order valence-corrected chi connectivity index (χ3v) is 3.27. The highest BCUT2D eigenvalue weighted by molar-refractivity contribution is 6.15. The molecule has 3 aromatic rings. The van der Waals surface area contributed by atoms with Crippen LogP contribution in [0.25, 0.3) is 27.7 Å². The first-order valence-corrected chi connectivity index (χ1v) is 6.23. The number of aromatic nitrogens is 2. The number of hydrogen-bond acceptors (Lipinski definition) is 2. The van der Waals surface area contributed by atoms with Gasteiger partial charge in [0.1, 0.15) is 11.5 Å². The molecular weight excluding hydrogens is 271 g/mol. The Morgan fingerprint density at radius 1 is 1.24 bits per heavy atom. The van der Waals surface area contributed by atoms with E-state index < -0.39 is 5.97 Å².